The molecule has 3 rings (SSSR count). The lowest BCUT2D eigenvalue weighted by molar-refractivity contribution is -0.385. The number of nitrogens with zero attached hydrogens (tertiary/aromatic N) is 1. The molecular weight excluding hydrogens is 346 g/mol. The van der Waals surface area contributed by atoms with E-state index in [1.54, 1.807) is 6.07 Å². The Bertz CT molecular complexity index is 949. The van der Waals surface area contributed by atoms with Crippen LogP contribution in [-0.4, -0.2) is 4.92 Å². The molecular formula is C25H27NO2. The molecule has 0 saturated carbocycles. The van der Waals surface area contributed by atoms with Gasteiger partial charge < -0.3 is 0 Å². The average molecular weight is 373 g/mol. The van der Waals surface area contributed by atoms with Crippen LogP contribution in [0.1, 0.15) is 61.8 Å². The summed E-state index contributed by atoms with van der Waals surface area (Å²) >= 11 is 0. The monoisotopic (exact) mass is 373 g/mol. The van der Waals surface area contributed by atoms with Crippen LogP contribution in [0.5, 0.6) is 0 Å². The summed E-state index contributed by atoms with van der Waals surface area (Å²) in [5, 5.41) is 11.8. The summed E-state index contributed by atoms with van der Waals surface area (Å²) in [5.41, 5.74) is 6.58. The van der Waals surface area contributed by atoms with Gasteiger partial charge in [-0.1, -0.05) is 88.4 Å². The van der Waals surface area contributed by atoms with Crippen molar-refractivity contribution < 1.29 is 4.92 Å². The second kappa shape index (κ2) is 8.39. The van der Waals surface area contributed by atoms with Crippen LogP contribution in [0.4, 0.5) is 5.69 Å². The lowest BCUT2D eigenvalue weighted by atomic mass is 9.85. The molecule has 0 saturated heterocycles. The van der Waals surface area contributed by atoms with E-state index in [1.807, 2.05) is 42.5 Å². The Labute approximate surface area is 167 Å². The molecule has 0 atom stereocenters. The molecule has 3 aromatic carbocycles. The van der Waals surface area contributed by atoms with Crippen LogP contribution in [0.3, 0.4) is 0 Å². The summed E-state index contributed by atoms with van der Waals surface area (Å²) in [6.07, 6.45) is 0.577. The molecule has 0 aliphatic rings. The van der Waals surface area contributed by atoms with Crippen molar-refractivity contribution in [1.29, 1.82) is 0 Å². The first kappa shape index (κ1) is 19.8. The molecule has 0 aliphatic heterocycles. The molecule has 3 nitrogen and oxygen atoms in total. The SMILES string of the molecule is CC(C)c1cccc(C(C)C)c1Cc1ccc(-c2ccccc2)cc1[N+](=O)[O-]. The molecule has 0 N–H and O–H groups in total. The van der Waals surface area contributed by atoms with Crippen LogP contribution in [0.2, 0.25) is 0 Å². The van der Waals surface area contributed by atoms with Gasteiger partial charge in [-0.3, -0.25) is 10.1 Å². The third kappa shape index (κ3) is 4.14. The van der Waals surface area contributed by atoms with Gasteiger partial charge in [-0.15, -0.1) is 0 Å². The second-order valence-electron chi connectivity index (χ2n) is 7.87. The zero-order valence-electron chi connectivity index (χ0n) is 17.0. The van der Waals surface area contributed by atoms with E-state index in [-0.39, 0.29) is 10.6 Å². The predicted molar refractivity (Wildman–Crippen MR) is 116 cm³/mol. The molecule has 0 unspecified atom stereocenters. The highest BCUT2D eigenvalue weighted by atomic mass is 16.6. The Morgan fingerprint density at radius 3 is 1.93 bits per heavy atom. The Morgan fingerprint density at radius 1 is 0.786 bits per heavy atom. The summed E-state index contributed by atoms with van der Waals surface area (Å²) in [5.74, 6) is 0.743. The second-order valence-corrected chi connectivity index (χ2v) is 7.87. The van der Waals surface area contributed by atoms with Crippen LogP contribution in [0, 0.1) is 10.1 Å². The number of hydrogen-bond acceptors (Lipinski definition) is 2. The Morgan fingerprint density at radius 2 is 1.39 bits per heavy atom. The Hall–Kier alpha value is -2.94. The third-order valence-electron chi connectivity index (χ3n) is 5.25. The first-order valence-electron chi connectivity index (χ1n) is 9.83. The third-order valence-corrected chi connectivity index (χ3v) is 5.25. The van der Waals surface area contributed by atoms with Gasteiger partial charge in [-0.05, 0) is 39.7 Å². The number of nitro benzene ring substituents is 1. The molecule has 0 amide bonds. The van der Waals surface area contributed by atoms with Crippen molar-refractivity contribution in [3.63, 3.8) is 0 Å². The predicted octanol–water partition coefficient (Wildman–Crippen LogP) is 7.10. The topological polar surface area (TPSA) is 43.1 Å². The molecule has 3 heteroatoms. The minimum Gasteiger partial charge on any atom is -0.258 e. The van der Waals surface area contributed by atoms with Crippen LogP contribution in [0.15, 0.2) is 66.7 Å². The number of benzene rings is 3. The van der Waals surface area contributed by atoms with E-state index in [9.17, 15) is 10.1 Å². The fourth-order valence-electron chi connectivity index (χ4n) is 3.79. The highest BCUT2D eigenvalue weighted by Gasteiger charge is 2.20. The lowest BCUT2D eigenvalue weighted by Crippen LogP contribution is -2.06. The van der Waals surface area contributed by atoms with Gasteiger partial charge in [0.2, 0.25) is 0 Å². The first-order chi connectivity index (χ1) is 13.4. The largest absolute Gasteiger partial charge is 0.273 e. The minimum atomic E-state index is -0.255. The highest BCUT2D eigenvalue weighted by Crippen LogP contribution is 2.33. The summed E-state index contributed by atoms with van der Waals surface area (Å²) in [6.45, 7) is 8.71. The van der Waals surface area contributed by atoms with Crippen molar-refractivity contribution in [3.8, 4) is 11.1 Å². The van der Waals surface area contributed by atoms with Crippen molar-refractivity contribution in [3.05, 3.63) is 99.1 Å². The van der Waals surface area contributed by atoms with E-state index in [1.165, 1.54) is 16.7 Å². The first-order valence-corrected chi connectivity index (χ1v) is 9.83. The molecule has 144 valence electrons. The Balaban J connectivity index is 2.09. The highest BCUT2D eigenvalue weighted by molar-refractivity contribution is 5.67. The molecule has 0 heterocycles. The molecule has 0 aliphatic carbocycles. The normalized spacial score (nSPS) is 11.2. The van der Waals surface area contributed by atoms with Crippen LogP contribution >= 0.6 is 0 Å². The van der Waals surface area contributed by atoms with Crippen LogP contribution in [-0.2, 0) is 6.42 Å². The molecule has 28 heavy (non-hydrogen) atoms. The zero-order chi connectivity index (χ0) is 20.3. The van der Waals surface area contributed by atoms with Gasteiger partial charge in [0.1, 0.15) is 0 Å². The molecule has 3 aromatic rings. The summed E-state index contributed by atoms with van der Waals surface area (Å²) < 4.78 is 0. The molecule has 0 bridgehead atoms. The van der Waals surface area contributed by atoms with Gasteiger partial charge in [0.25, 0.3) is 5.69 Å². The van der Waals surface area contributed by atoms with E-state index in [2.05, 4.69) is 45.9 Å². The van der Waals surface area contributed by atoms with Crippen molar-refractivity contribution >= 4 is 5.69 Å². The number of hydrogen-bond donors (Lipinski definition) is 0. The van der Waals surface area contributed by atoms with Crippen molar-refractivity contribution in [1.82, 2.24) is 0 Å². The average Bonchev–Trinajstić information content (AvgIpc) is 2.68. The van der Waals surface area contributed by atoms with Crippen molar-refractivity contribution in [2.75, 3.05) is 0 Å². The molecule has 0 spiro atoms. The van der Waals surface area contributed by atoms with Gasteiger partial charge in [-0.2, -0.15) is 0 Å². The van der Waals surface area contributed by atoms with Gasteiger partial charge in [0.05, 0.1) is 4.92 Å². The standard InChI is InChI=1S/C25H27NO2/c1-17(2)22-11-8-12-23(18(3)4)24(22)15-21-14-13-20(16-25(21)26(27)28)19-9-6-5-7-10-19/h5-14,16-18H,15H2,1-4H3. The van der Waals surface area contributed by atoms with E-state index in [0.29, 0.717) is 18.3 Å². The van der Waals surface area contributed by atoms with Crippen molar-refractivity contribution in [2.24, 2.45) is 0 Å². The lowest BCUT2D eigenvalue weighted by Gasteiger charge is -2.20. The minimum absolute atomic E-state index is 0.189. The van der Waals surface area contributed by atoms with E-state index in [0.717, 1.165) is 16.7 Å². The fourth-order valence-corrected chi connectivity index (χ4v) is 3.79. The quantitative estimate of drug-likeness (QED) is 0.341. The van der Waals surface area contributed by atoms with Gasteiger partial charge in [0, 0.05) is 18.1 Å². The number of rotatable bonds is 6. The Kier molecular flexibility index (Phi) is 5.93. The van der Waals surface area contributed by atoms with Gasteiger partial charge in [-0.25, -0.2) is 0 Å². The van der Waals surface area contributed by atoms with Crippen LogP contribution in [0.25, 0.3) is 11.1 Å². The van der Waals surface area contributed by atoms with Gasteiger partial charge in [0.15, 0.2) is 0 Å². The maximum atomic E-state index is 11.8. The fraction of sp³-hybridized carbons (Fsp3) is 0.280. The number of nitro groups is 1. The molecule has 0 radical (unpaired) electrons. The van der Waals surface area contributed by atoms with E-state index >= 15 is 0 Å². The summed E-state index contributed by atoms with van der Waals surface area (Å²) in [7, 11) is 0. The summed E-state index contributed by atoms with van der Waals surface area (Å²) in [4.78, 5) is 11.6. The smallest absolute Gasteiger partial charge is 0.258 e. The maximum absolute atomic E-state index is 11.8. The van der Waals surface area contributed by atoms with E-state index < -0.39 is 0 Å². The molecule has 0 fully saturated rings. The molecule has 0 aromatic heterocycles. The van der Waals surface area contributed by atoms with Crippen LogP contribution < -0.4 is 0 Å². The van der Waals surface area contributed by atoms with E-state index in [4.69, 9.17) is 0 Å². The van der Waals surface area contributed by atoms with Gasteiger partial charge >= 0.3 is 0 Å². The summed E-state index contributed by atoms with van der Waals surface area (Å²) in [6, 6.07) is 21.8. The zero-order valence-corrected chi connectivity index (χ0v) is 17.0. The maximum Gasteiger partial charge on any atom is 0.273 e. The van der Waals surface area contributed by atoms with Crippen molar-refractivity contribution in [2.45, 2.75) is 46.0 Å².